The molecule has 0 N–H and O–H groups in total. The highest BCUT2D eigenvalue weighted by atomic mass is 19.2. The molecule has 0 amide bonds. The number of nitrogens with zero attached hydrogens (tertiary/aromatic N) is 6. The van der Waals surface area contributed by atoms with E-state index in [-0.39, 0.29) is 17.0 Å². The molecule has 0 saturated heterocycles. The molecular formula is C18H8F4N6O. The van der Waals surface area contributed by atoms with Gasteiger partial charge in [0, 0.05) is 10.5 Å². The van der Waals surface area contributed by atoms with Crippen LogP contribution >= 0.6 is 0 Å². The van der Waals surface area contributed by atoms with Crippen LogP contribution in [0.4, 0.5) is 23.2 Å². The first-order valence-corrected chi connectivity index (χ1v) is 7.57. The van der Waals surface area contributed by atoms with Gasteiger partial charge in [-0.2, -0.15) is 0 Å². The van der Waals surface area contributed by atoms with E-state index in [0.29, 0.717) is 6.08 Å². The second kappa shape index (κ2) is 7.77. The quantitative estimate of drug-likeness (QED) is 0.121. The summed E-state index contributed by atoms with van der Waals surface area (Å²) in [6.07, 6.45) is 1.67. The van der Waals surface area contributed by atoms with Crippen molar-refractivity contribution in [3.8, 4) is 6.07 Å². The Kier molecular flexibility index (Phi) is 5.64. The van der Waals surface area contributed by atoms with Crippen LogP contribution in [0.25, 0.3) is 26.2 Å². The van der Waals surface area contributed by atoms with Gasteiger partial charge in [-0.15, -0.1) is 0 Å². The second-order valence-corrected chi connectivity index (χ2v) is 5.93. The van der Waals surface area contributed by atoms with E-state index in [1.807, 2.05) is 0 Å². The van der Waals surface area contributed by atoms with Crippen molar-refractivity contribution in [2.45, 2.75) is 19.4 Å². The highest BCUT2D eigenvalue weighted by Crippen LogP contribution is 2.42. The maximum atomic E-state index is 14.2. The van der Waals surface area contributed by atoms with Crippen LogP contribution in [-0.4, -0.2) is 5.60 Å². The Morgan fingerprint density at radius 1 is 1.14 bits per heavy atom. The van der Waals surface area contributed by atoms with Gasteiger partial charge in [0.15, 0.2) is 23.3 Å². The lowest BCUT2D eigenvalue weighted by Crippen LogP contribution is -2.20. The SMILES string of the molecule is [C-]#[N+]C1=C(/C=C/c2c(F)c(F)c(N=[N+]=[N-])c(F)c2F)C(C)(C)O/C1=C(\C#N)[N+]#[C-]. The van der Waals surface area contributed by atoms with E-state index in [2.05, 4.69) is 19.7 Å². The Balaban J connectivity index is 2.74. The number of allylic oxidation sites excluding steroid dienone is 1. The smallest absolute Gasteiger partial charge is 0.292 e. The summed E-state index contributed by atoms with van der Waals surface area (Å²) >= 11 is 0. The Morgan fingerprint density at radius 2 is 1.72 bits per heavy atom. The summed E-state index contributed by atoms with van der Waals surface area (Å²) in [5, 5.41) is 11.6. The first-order chi connectivity index (χ1) is 13.6. The Hall–Kier alpha value is -4.26. The van der Waals surface area contributed by atoms with Gasteiger partial charge in [0.25, 0.3) is 5.70 Å². The van der Waals surface area contributed by atoms with Crippen LogP contribution in [0.2, 0.25) is 0 Å². The van der Waals surface area contributed by atoms with Crippen molar-refractivity contribution in [3.05, 3.63) is 90.9 Å². The maximum absolute atomic E-state index is 14.2. The molecule has 1 aromatic rings. The van der Waals surface area contributed by atoms with Crippen LogP contribution in [0.5, 0.6) is 0 Å². The summed E-state index contributed by atoms with van der Waals surface area (Å²) in [5.41, 5.74) is 3.67. The molecule has 1 aliphatic heterocycles. The molecule has 0 saturated carbocycles. The van der Waals surface area contributed by atoms with E-state index in [0.717, 1.165) is 6.08 Å². The highest BCUT2D eigenvalue weighted by molar-refractivity contribution is 5.63. The number of nitriles is 1. The Morgan fingerprint density at radius 3 is 2.17 bits per heavy atom. The predicted molar refractivity (Wildman–Crippen MR) is 92.1 cm³/mol. The zero-order chi connectivity index (χ0) is 21.9. The number of hydrogen-bond acceptors (Lipinski definition) is 3. The number of azide groups is 1. The Labute approximate surface area is 161 Å². The molecule has 0 unspecified atom stereocenters. The van der Waals surface area contributed by atoms with Crippen molar-refractivity contribution in [3.63, 3.8) is 0 Å². The number of ether oxygens (including phenoxy) is 1. The lowest BCUT2D eigenvalue weighted by atomic mass is 9.96. The van der Waals surface area contributed by atoms with Gasteiger partial charge in [0.05, 0.1) is 24.8 Å². The van der Waals surface area contributed by atoms with Crippen LogP contribution in [0.1, 0.15) is 19.4 Å². The molecule has 144 valence electrons. The summed E-state index contributed by atoms with van der Waals surface area (Å²) in [6, 6.07) is 1.58. The predicted octanol–water partition coefficient (Wildman–Crippen LogP) is 5.83. The minimum atomic E-state index is -1.89. The third-order valence-electron chi connectivity index (χ3n) is 3.86. The van der Waals surface area contributed by atoms with Crippen LogP contribution in [-0.2, 0) is 4.74 Å². The van der Waals surface area contributed by atoms with Gasteiger partial charge in [-0.25, -0.2) is 32.5 Å². The second-order valence-electron chi connectivity index (χ2n) is 5.93. The van der Waals surface area contributed by atoms with E-state index >= 15 is 0 Å². The molecule has 29 heavy (non-hydrogen) atoms. The third-order valence-corrected chi connectivity index (χ3v) is 3.86. The zero-order valence-electron chi connectivity index (χ0n) is 14.8. The van der Waals surface area contributed by atoms with Crippen molar-refractivity contribution < 1.29 is 22.3 Å². The van der Waals surface area contributed by atoms with Crippen LogP contribution in [0, 0.1) is 47.7 Å². The van der Waals surface area contributed by atoms with Gasteiger partial charge in [0.1, 0.15) is 17.0 Å². The molecule has 7 nitrogen and oxygen atoms in total. The molecule has 0 spiro atoms. The molecule has 2 rings (SSSR count). The minimum Gasteiger partial charge on any atom is -0.505 e. The molecule has 0 aromatic heterocycles. The van der Waals surface area contributed by atoms with Crippen molar-refractivity contribution in [2.24, 2.45) is 5.11 Å². The number of rotatable bonds is 3. The summed E-state index contributed by atoms with van der Waals surface area (Å²) in [5.74, 6) is -7.69. The van der Waals surface area contributed by atoms with Crippen LogP contribution < -0.4 is 0 Å². The molecular weight excluding hydrogens is 392 g/mol. The highest BCUT2D eigenvalue weighted by Gasteiger charge is 2.38. The molecule has 0 fully saturated rings. The molecule has 1 aromatic carbocycles. The van der Waals surface area contributed by atoms with E-state index in [1.54, 1.807) is 6.07 Å². The number of hydrogen-bond donors (Lipinski definition) is 0. The zero-order valence-corrected chi connectivity index (χ0v) is 14.8. The largest absolute Gasteiger partial charge is 0.505 e. The average molecular weight is 400 g/mol. The maximum Gasteiger partial charge on any atom is 0.292 e. The fourth-order valence-electron chi connectivity index (χ4n) is 2.53. The summed E-state index contributed by atoms with van der Waals surface area (Å²) in [7, 11) is 0. The summed E-state index contributed by atoms with van der Waals surface area (Å²) in [6.45, 7) is 17.2. The molecule has 1 heterocycles. The molecule has 1 aliphatic rings. The summed E-state index contributed by atoms with van der Waals surface area (Å²) < 4.78 is 61.6. The van der Waals surface area contributed by atoms with Gasteiger partial charge in [-0.05, 0) is 25.5 Å². The molecule has 0 atom stereocenters. The van der Waals surface area contributed by atoms with Crippen molar-refractivity contribution in [2.75, 3.05) is 0 Å². The van der Waals surface area contributed by atoms with E-state index in [9.17, 15) is 17.6 Å². The lowest BCUT2D eigenvalue weighted by molar-refractivity contribution is 0.0952. The first kappa shape index (κ1) is 21.0. The van der Waals surface area contributed by atoms with Gasteiger partial charge < -0.3 is 4.74 Å². The monoisotopic (exact) mass is 400 g/mol. The first-order valence-electron chi connectivity index (χ1n) is 7.57. The van der Waals surface area contributed by atoms with E-state index in [4.69, 9.17) is 28.7 Å². The Bertz CT molecular complexity index is 1140. The van der Waals surface area contributed by atoms with Gasteiger partial charge >= 0.3 is 0 Å². The number of benzene rings is 1. The molecule has 0 radical (unpaired) electrons. The lowest BCUT2D eigenvalue weighted by Gasteiger charge is -2.22. The van der Waals surface area contributed by atoms with Gasteiger partial charge in [-0.3, -0.25) is 0 Å². The fourth-order valence-corrected chi connectivity index (χ4v) is 2.53. The van der Waals surface area contributed by atoms with Crippen LogP contribution in [0.3, 0.4) is 0 Å². The normalized spacial score (nSPS) is 16.5. The fraction of sp³-hybridized carbons (Fsp3) is 0.167. The summed E-state index contributed by atoms with van der Waals surface area (Å²) in [4.78, 5) is 8.28. The average Bonchev–Trinajstić information content (AvgIpc) is 2.94. The van der Waals surface area contributed by atoms with E-state index in [1.165, 1.54) is 13.8 Å². The topological polar surface area (TPSA) is 90.5 Å². The molecule has 0 bridgehead atoms. The number of halogens is 4. The minimum absolute atomic E-state index is 0.0256. The molecule has 0 aliphatic carbocycles. The molecule has 11 heteroatoms. The van der Waals surface area contributed by atoms with Crippen molar-refractivity contribution in [1.29, 1.82) is 5.26 Å². The third kappa shape index (κ3) is 3.49. The van der Waals surface area contributed by atoms with Crippen LogP contribution in [0.15, 0.2) is 33.9 Å². The van der Waals surface area contributed by atoms with Gasteiger partial charge in [-0.1, -0.05) is 11.2 Å². The standard InChI is InChI=1S/C18H8F4N6O/c1-18(2)9(15(26-4)17(29-18)10(7-23)25-3)6-5-8-11(19)13(21)16(27-28-24)14(22)12(8)20/h5-6H,1-2H3/b6-5+,17-10+. The van der Waals surface area contributed by atoms with Crippen molar-refractivity contribution in [1.82, 2.24) is 0 Å². The van der Waals surface area contributed by atoms with E-state index < -0.39 is 45.8 Å². The van der Waals surface area contributed by atoms with Gasteiger partial charge in [0.2, 0.25) is 5.70 Å². The van der Waals surface area contributed by atoms with Crippen molar-refractivity contribution >= 4 is 11.8 Å².